The second-order valence-electron chi connectivity index (χ2n) is 5.99. The van der Waals surface area contributed by atoms with Gasteiger partial charge >= 0.3 is 0 Å². The van der Waals surface area contributed by atoms with Crippen LogP contribution in [-0.4, -0.2) is 17.7 Å². The molecule has 1 N–H and O–H groups in total. The maximum atomic E-state index is 9.60. The van der Waals surface area contributed by atoms with Crippen molar-refractivity contribution < 1.29 is 5.11 Å². The number of nitrogens with zero attached hydrogens (tertiary/aromatic N) is 1. The molecule has 1 aliphatic carbocycles. The molecule has 1 aliphatic rings. The fourth-order valence-corrected chi connectivity index (χ4v) is 2.60. The van der Waals surface area contributed by atoms with Gasteiger partial charge in [0.1, 0.15) is 0 Å². The molecule has 3 heteroatoms. The molecule has 0 spiro atoms. The molecule has 0 amide bonds. The van der Waals surface area contributed by atoms with Crippen molar-refractivity contribution in [1.82, 2.24) is 0 Å². The molecule has 1 saturated carbocycles. The van der Waals surface area contributed by atoms with Gasteiger partial charge in [-0.3, -0.25) is 0 Å². The van der Waals surface area contributed by atoms with Crippen LogP contribution in [0, 0.1) is 5.92 Å². The zero-order valence-electron chi connectivity index (χ0n) is 12.1. The summed E-state index contributed by atoms with van der Waals surface area (Å²) in [6.45, 7) is 7.34. The van der Waals surface area contributed by atoms with Crippen LogP contribution in [0.5, 0.6) is 0 Å². The molecule has 0 radical (unpaired) electrons. The normalized spacial score (nSPS) is 16.7. The van der Waals surface area contributed by atoms with Crippen molar-refractivity contribution in [3.63, 3.8) is 0 Å². The van der Waals surface area contributed by atoms with E-state index in [4.69, 9.17) is 11.6 Å². The maximum absolute atomic E-state index is 9.60. The Morgan fingerprint density at radius 1 is 1.32 bits per heavy atom. The lowest BCUT2D eigenvalue weighted by Gasteiger charge is -2.27. The van der Waals surface area contributed by atoms with Crippen LogP contribution in [0.3, 0.4) is 0 Å². The lowest BCUT2D eigenvalue weighted by molar-refractivity contribution is 0.199. The van der Waals surface area contributed by atoms with Crippen molar-refractivity contribution in [3.8, 4) is 0 Å². The van der Waals surface area contributed by atoms with Crippen molar-refractivity contribution in [3.05, 3.63) is 28.8 Å². The summed E-state index contributed by atoms with van der Waals surface area (Å²) in [6.07, 6.45) is 3.26. The van der Waals surface area contributed by atoms with Crippen LogP contribution in [-0.2, 0) is 0 Å². The summed E-state index contributed by atoms with van der Waals surface area (Å²) in [6, 6.07) is 6.60. The zero-order valence-corrected chi connectivity index (χ0v) is 12.8. The minimum absolute atomic E-state index is 0.461. The Hall–Kier alpha value is -0.730. The third kappa shape index (κ3) is 3.87. The fourth-order valence-electron chi connectivity index (χ4n) is 2.30. The first kappa shape index (κ1) is 14.7. The molecule has 0 bridgehead atoms. The molecule has 106 valence electrons. The summed E-state index contributed by atoms with van der Waals surface area (Å²) in [4.78, 5) is 2.44. The quantitative estimate of drug-likeness (QED) is 0.835. The van der Waals surface area contributed by atoms with Crippen molar-refractivity contribution in [1.29, 1.82) is 0 Å². The highest BCUT2D eigenvalue weighted by atomic mass is 35.5. The monoisotopic (exact) mass is 281 g/mol. The number of aliphatic hydroxyl groups is 1. The van der Waals surface area contributed by atoms with Gasteiger partial charge in [-0.15, -0.1) is 0 Å². The van der Waals surface area contributed by atoms with Crippen LogP contribution in [0.15, 0.2) is 18.2 Å². The van der Waals surface area contributed by atoms with Gasteiger partial charge in [0.25, 0.3) is 0 Å². The minimum Gasteiger partial charge on any atom is -0.389 e. The molecule has 0 unspecified atom stereocenters. The van der Waals surface area contributed by atoms with E-state index in [2.05, 4.69) is 24.8 Å². The molecule has 1 fully saturated rings. The van der Waals surface area contributed by atoms with Gasteiger partial charge in [-0.1, -0.05) is 31.5 Å². The molecule has 0 heterocycles. The van der Waals surface area contributed by atoms with E-state index < -0.39 is 6.10 Å². The Bertz CT molecular complexity index is 427. The number of aliphatic hydroxyl groups excluding tert-OH is 1. The topological polar surface area (TPSA) is 23.5 Å². The molecule has 2 rings (SSSR count). The number of hydrogen-bond donors (Lipinski definition) is 1. The van der Waals surface area contributed by atoms with E-state index in [9.17, 15) is 5.11 Å². The Kier molecular flexibility index (Phi) is 4.75. The van der Waals surface area contributed by atoms with E-state index >= 15 is 0 Å². The second-order valence-corrected chi connectivity index (χ2v) is 6.40. The molecule has 1 atom stereocenters. The number of rotatable bonds is 6. The highest BCUT2D eigenvalue weighted by Gasteiger charge is 2.30. The van der Waals surface area contributed by atoms with Crippen LogP contribution in [0.4, 0.5) is 5.69 Å². The number of anilines is 1. The van der Waals surface area contributed by atoms with E-state index in [-0.39, 0.29) is 0 Å². The first-order valence-electron chi connectivity index (χ1n) is 7.23. The van der Waals surface area contributed by atoms with Crippen molar-refractivity contribution in [2.75, 3.05) is 11.4 Å². The smallest absolute Gasteiger partial charge is 0.0762 e. The zero-order chi connectivity index (χ0) is 14.0. The van der Waals surface area contributed by atoms with Crippen LogP contribution in [0.2, 0.25) is 5.02 Å². The number of halogens is 1. The van der Waals surface area contributed by atoms with Crippen molar-refractivity contribution in [2.24, 2.45) is 5.92 Å². The Morgan fingerprint density at radius 2 is 2.00 bits per heavy atom. The molecule has 1 aromatic rings. The Morgan fingerprint density at radius 3 is 2.47 bits per heavy atom. The highest BCUT2D eigenvalue weighted by Crippen LogP contribution is 2.37. The van der Waals surface area contributed by atoms with E-state index in [0.717, 1.165) is 22.8 Å². The summed E-state index contributed by atoms with van der Waals surface area (Å²) in [5.74, 6) is 0.705. The third-order valence-electron chi connectivity index (χ3n) is 3.70. The summed E-state index contributed by atoms with van der Waals surface area (Å²) in [5.41, 5.74) is 2.00. The van der Waals surface area contributed by atoms with Crippen LogP contribution >= 0.6 is 11.6 Å². The number of hydrogen-bond acceptors (Lipinski definition) is 2. The first-order chi connectivity index (χ1) is 8.99. The molecule has 0 saturated heterocycles. The van der Waals surface area contributed by atoms with Gasteiger partial charge in [0, 0.05) is 12.6 Å². The summed E-state index contributed by atoms with van der Waals surface area (Å²) in [7, 11) is 0. The van der Waals surface area contributed by atoms with E-state index in [1.165, 1.54) is 19.3 Å². The number of benzene rings is 1. The van der Waals surface area contributed by atoms with Crippen LogP contribution in [0.1, 0.15) is 51.7 Å². The molecule has 19 heavy (non-hydrogen) atoms. The average molecular weight is 282 g/mol. The van der Waals surface area contributed by atoms with E-state index in [1.54, 1.807) is 6.92 Å². The van der Waals surface area contributed by atoms with Gasteiger partial charge in [-0.2, -0.15) is 0 Å². The Labute approximate surface area is 121 Å². The molecule has 0 aliphatic heterocycles. The molecular weight excluding hydrogens is 258 g/mol. The van der Waals surface area contributed by atoms with Gasteiger partial charge in [0.05, 0.1) is 16.8 Å². The molecule has 1 aromatic carbocycles. The van der Waals surface area contributed by atoms with Crippen molar-refractivity contribution in [2.45, 2.75) is 52.2 Å². The first-order valence-corrected chi connectivity index (χ1v) is 7.61. The van der Waals surface area contributed by atoms with Gasteiger partial charge in [0.2, 0.25) is 0 Å². The highest BCUT2D eigenvalue weighted by molar-refractivity contribution is 6.33. The molecule has 2 nitrogen and oxygen atoms in total. The van der Waals surface area contributed by atoms with Gasteiger partial charge in [0.15, 0.2) is 0 Å². The standard InChI is InChI=1S/C16H24ClNO/c1-11(2)8-9-18(14-5-6-14)16-7-4-13(12(3)19)10-15(16)17/h4,7,10-12,14,19H,5-6,8-9H2,1-3H3/t12-/m0/s1. The van der Waals surface area contributed by atoms with E-state index in [0.29, 0.717) is 12.0 Å². The van der Waals surface area contributed by atoms with Crippen LogP contribution < -0.4 is 4.90 Å². The van der Waals surface area contributed by atoms with Gasteiger partial charge in [-0.05, 0) is 49.8 Å². The van der Waals surface area contributed by atoms with E-state index in [1.807, 2.05) is 12.1 Å². The SMILES string of the molecule is CC(C)CCN(c1ccc([C@H](C)O)cc1Cl)C1CC1. The van der Waals surface area contributed by atoms with Crippen molar-refractivity contribution >= 4 is 17.3 Å². The van der Waals surface area contributed by atoms with Crippen LogP contribution in [0.25, 0.3) is 0 Å². The fraction of sp³-hybridized carbons (Fsp3) is 0.625. The third-order valence-corrected chi connectivity index (χ3v) is 4.00. The minimum atomic E-state index is -0.461. The summed E-state index contributed by atoms with van der Waals surface area (Å²) < 4.78 is 0. The summed E-state index contributed by atoms with van der Waals surface area (Å²) in [5, 5.41) is 10.4. The summed E-state index contributed by atoms with van der Waals surface area (Å²) >= 11 is 6.40. The lowest BCUT2D eigenvalue weighted by atomic mass is 10.1. The predicted molar refractivity (Wildman–Crippen MR) is 81.9 cm³/mol. The Balaban J connectivity index is 2.17. The second kappa shape index (κ2) is 6.15. The lowest BCUT2D eigenvalue weighted by Crippen LogP contribution is -2.28. The van der Waals surface area contributed by atoms with Gasteiger partial charge in [-0.25, -0.2) is 0 Å². The largest absolute Gasteiger partial charge is 0.389 e. The van der Waals surface area contributed by atoms with Gasteiger partial charge < -0.3 is 10.0 Å². The predicted octanol–water partition coefficient (Wildman–Crippen LogP) is 4.41. The average Bonchev–Trinajstić information content (AvgIpc) is 3.14. The molecular formula is C16H24ClNO. The molecule has 0 aromatic heterocycles. The maximum Gasteiger partial charge on any atom is 0.0762 e.